The molecule has 0 aromatic rings. The molecule has 0 bridgehead atoms. The molecule has 7 unspecified atom stereocenters. The lowest BCUT2D eigenvalue weighted by Crippen LogP contribution is -2.60. The fraction of sp³-hybridized carbons (Fsp3) is 0.936. The molecule has 9 nitrogen and oxygen atoms in total. The number of aliphatic hydroxyl groups excluding tert-OH is 5. The zero-order valence-electron chi connectivity index (χ0n) is 58.1. The number of carbonyl (C=O) groups excluding carboxylic acids is 1. The molecule has 0 spiro atoms. The molecule has 1 aliphatic rings. The molecule has 0 aromatic heterocycles. The number of carbonyl (C=O) groups is 1. The first-order chi connectivity index (χ1) is 42.8. The maximum atomic E-state index is 13.2. The second-order valence-corrected chi connectivity index (χ2v) is 27.5. The van der Waals surface area contributed by atoms with E-state index in [1.165, 1.54) is 353 Å². The van der Waals surface area contributed by atoms with Crippen LogP contribution in [0.4, 0.5) is 0 Å². The monoisotopic (exact) mass is 1230 g/mol. The van der Waals surface area contributed by atoms with Gasteiger partial charge in [0.25, 0.3) is 0 Å². The summed E-state index contributed by atoms with van der Waals surface area (Å²) < 4.78 is 11.3. The Morgan fingerprint density at radius 3 is 0.966 bits per heavy atom. The summed E-state index contributed by atoms with van der Waals surface area (Å²) in [5, 5.41) is 54.9. The van der Waals surface area contributed by atoms with Crippen molar-refractivity contribution in [1.82, 2.24) is 5.32 Å². The standard InChI is InChI=1S/C78H151NO8/c1-3-5-7-9-11-13-15-17-19-21-23-25-27-29-31-33-35-36-38-39-41-43-45-47-49-51-53-55-57-59-61-63-65-67-72(81)71(70-86-78-77(85)76(84)75(83)73(69-80)87-78)79-74(82)68-66-64-62-60-58-56-54-52-50-48-46-44-42-40-37-34-32-30-28-26-24-22-20-18-16-14-12-10-8-6-4-2/h57,59,65,67,71-73,75-78,80-81,83-85H,3-56,58,60-64,66,68-70H2,1-2H3,(H,79,82)/b59-57+,67-65+. The van der Waals surface area contributed by atoms with Crippen LogP contribution in [0.15, 0.2) is 24.3 Å². The highest BCUT2D eigenvalue weighted by atomic mass is 16.7. The number of nitrogens with one attached hydrogen (secondary N) is 1. The van der Waals surface area contributed by atoms with Gasteiger partial charge in [0.05, 0.1) is 25.4 Å². The molecule has 1 rings (SSSR count). The molecular weight excluding hydrogens is 1080 g/mol. The number of unbranched alkanes of at least 4 members (excludes halogenated alkanes) is 58. The van der Waals surface area contributed by atoms with Crippen LogP contribution in [-0.4, -0.2) is 87.5 Å². The van der Waals surface area contributed by atoms with Crippen LogP contribution in [0.2, 0.25) is 0 Å². The summed E-state index contributed by atoms with van der Waals surface area (Å²) in [7, 11) is 0. The van der Waals surface area contributed by atoms with Crippen molar-refractivity contribution in [3.8, 4) is 0 Å². The molecule has 7 atom stereocenters. The van der Waals surface area contributed by atoms with Gasteiger partial charge in [-0.1, -0.05) is 398 Å². The van der Waals surface area contributed by atoms with Crippen LogP contribution in [0.25, 0.3) is 0 Å². The molecule has 6 N–H and O–H groups in total. The zero-order valence-corrected chi connectivity index (χ0v) is 58.1. The first kappa shape index (κ1) is 83.7. The predicted octanol–water partition coefficient (Wildman–Crippen LogP) is 22.0. The SMILES string of the molecule is CCCCCCCCCCCCCCCCCCCCCCCCCCCCC/C=C/CC/C=C/C(O)C(COC1OC(CO)C(O)C(O)C1O)NC(=O)CCCCCCCCCCCCCCCCCCCCCCCCCCCCCCCCC. The van der Waals surface area contributed by atoms with Gasteiger partial charge < -0.3 is 40.3 Å². The minimum atomic E-state index is -1.57. The Morgan fingerprint density at radius 2 is 0.655 bits per heavy atom. The summed E-state index contributed by atoms with van der Waals surface area (Å²) in [6.07, 6.45) is 83.3. The Balaban J connectivity index is 2.09. The Kier molecular flexibility index (Phi) is 65.0. The Labute approximate surface area is 540 Å². The third kappa shape index (κ3) is 56.0. The van der Waals surface area contributed by atoms with Gasteiger partial charge in [0.1, 0.15) is 24.4 Å². The number of amides is 1. The van der Waals surface area contributed by atoms with Crippen molar-refractivity contribution < 1.29 is 39.8 Å². The van der Waals surface area contributed by atoms with Crippen molar-refractivity contribution in [2.45, 2.75) is 455 Å². The van der Waals surface area contributed by atoms with Crippen LogP contribution < -0.4 is 5.32 Å². The molecular formula is C78H151NO8. The van der Waals surface area contributed by atoms with E-state index < -0.39 is 49.5 Å². The van der Waals surface area contributed by atoms with Gasteiger partial charge in [-0.05, 0) is 32.1 Å². The van der Waals surface area contributed by atoms with Gasteiger partial charge in [-0.25, -0.2) is 0 Å². The van der Waals surface area contributed by atoms with Crippen LogP contribution in [0.1, 0.15) is 412 Å². The van der Waals surface area contributed by atoms with Crippen molar-refractivity contribution >= 4 is 5.91 Å². The van der Waals surface area contributed by atoms with E-state index in [-0.39, 0.29) is 12.5 Å². The second-order valence-electron chi connectivity index (χ2n) is 27.5. The third-order valence-corrected chi connectivity index (χ3v) is 19.0. The molecule has 0 saturated carbocycles. The van der Waals surface area contributed by atoms with Gasteiger partial charge in [-0.2, -0.15) is 0 Å². The highest BCUT2D eigenvalue weighted by Crippen LogP contribution is 2.24. The Morgan fingerprint density at radius 1 is 0.379 bits per heavy atom. The number of hydrogen-bond donors (Lipinski definition) is 6. The highest BCUT2D eigenvalue weighted by molar-refractivity contribution is 5.76. The fourth-order valence-electron chi connectivity index (χ4n) is 12.9. The van der Waals surface area contributed by atoms with Crippen molar-refractivity contribution in [2.75, 3.05) is 13.2 Å². The molecule has 87 heavy (non-hydrogen) atoms. The molecule has 1 fully saturated rings. The molecule has 1 amide bonds. The van der Waals surface area contributed by atoms with E-state index in [1.807, 2.05) is 6.08 Å². The number of ether oxygens (including phenoxy) is 2. The molecule has 516 valence electrons. The first-order valence-electron chi connectivity index (χ1n) is 39.1. The maximum Gasteiger partial charge on any atom is 0.220 e. The van der Waals surface area contributed by atoms with Gasteiger partial charge >= 0.3 is 0 Å². The number of hydrogen-bond acceptors (Lipinski definition) is 8. The van der Waals surface area contributed by atoms with Crippen LogP contribution in [0, 0.1) is 0 Å². The van der Waals surface area contributed by atoms with E-state index in [0.29, 0.717) is 6.42 Å². The second kappa shape index (κ2) is 67.6. The lowest BCUT2D eigenvalue weighted by Gasteiger charge is -2.40. The predicted molar refractivity (Wildman–Crippen MR) is 374 cm³/mol. The van der Waals surface area contributed by atoms with E-state index in [9.17, 15) is 30.3 Å². The van der Waals surface area contributed by atoms with E-state index in [0.717, 1.165) is 38.5 Å². The topological polar surface area (TPSA) is 149 Å². The van der Waals surface area contributed by atoms with Crippen molar-refractivity contribution in [3.63, 3.8) is 0 Å². The molecule has 0 aromatic carbocycles. The van der Waals surface area contributed by atoms with Crippen LogP contribution in [0.3, 0.4) is 0 Å². The molecule has 1 heterocycles. The summed E-state index contributed by atoms with van der Waals surface area (Å²) in [4.78, 5) is 13.2. The maximum absolute atomic E-state index is 13.2. The van der Waals surface area contributed by atoms with Crippen LogP contribution >= 0.6 is 0 Å². The van der Waals surface area contributed by atoms with E-state index in [1.54, 1.807) is 6.08 Å². The summed E-state index contributed by atoms with van der Waals surface area (Å²) in [6.45, 7) is 3.84. The zero-order chi connectivity index (χ0) is 62.8. The number of rotatable bonds is 70. The molecule has 1 saturated heterocycles. The van der Waals surface area contributed by atoms with Crippen LogP contribution in [0.5, 0.6) is 0 Å². The lowest BCUT2D eigenvalue weighted by atomic mass is 9.99. The van der Waals surface area contributed by atoms with E-state index in [2.05, 4.69) is 31.3 Å². The smallest absolute Gasteiger partial charge is 0.220 e. The number of allylic oxidation sites excluding steroid dienone is 3. The van der Waals surface area contributed by atoms with Crippen molar-refractivity contribution in [2.24, 2.45) is 0 Å². The quantitative estimate of drug-likeness (QED) is 0.0261. The van der Waals surface area contributed by atoms with E-state index in [4.69, 9.17) is 9.47 Å². The van der Waals surface area contributed by atoms with E-state index >= 15 is 0 Å². The average Bonchev–Trinajstić information content (AvgIpc) is 3.37. The fourth-order valence-corrected chi connectivity index (χ4v) is 12.9. The third-order valence-electron chi connectivity index (χ3n) is 19.0. The molecule has 9 heteroatoms. The minimum absolute atomic E-state index is 0.177. The summed E-state index contributed by atoms with van der Waals surface area (Å²) in [5.41, 5.74) is 0. The average molecular weight is 1230 g/mol. The normalized spacial score (nSPS) is 18.0. The van der Waals surface area contributed by atoms with Crippen molar-refractivity contribution in [1.29, 1.82) is 0 Å². The van der Waals surface area contributed by atoms with Crippen LogP contribution in [-0.2, 0) is 14.3 Å². The van der Waals surface area contributed by atoms with Gasteiger partial charge in [0.2, 0.25) is 5.91 Å². The molecule has 0 radical (unpaired) electrons. The van der Waals surface area contributed by atoms with Crippen molar-refractivity contribution in [3.05, 3.63) is 24.3 Å². The minimum Gasteiger partial charge on any atom is -0.394 e. The first-order valence-corrected chi connectivity index (χ1v) is 39.1. The Bertz CT molecular complexity index is 1430. The summed E-state index contributed by atoms with van der Waals surface area (Å²) in [6, 6.07) is -0.821. The van der Waals surface area contributed by atoms with Gasteiger partial charge in [-0.3, -0.25) is 4.79 Å². The number of aliphatic hydroxyl groups is 5. The van der Waals surface area contributed by atoms with Gasteiger partial charge in [0, 0.05) is 6.42 Å². The summed E-state index contributed by atoms with van der Waals surface area (Å²) in [5.74, 6) is -0.177. The summed E-state index contributed by atoms with van der Waals surface area (Å²) >= 11 is 0. The lowest BCUT2D eigenvalue weighted by molar-refractivity contribution is -0.302. The van der Waals surface area contributed by atoms with Gasteiger partial charge in [0.15, 0.2) is 6.29 Å². The largest absolute Gasteiger partial charge is 0.394 e. The molecule has 1 aliphatic heterocycles. The Hall–Kier alpha value is -1.33. The molecule has 0 aliphatic carbocycles. The van der Waals surface area contributed by atoms with Gasteiger partial charge in [-0.15, -0.1) is 0 Å². The highest BCUT2D eigenvalue weighted by Gasteiger charge is 2.44.